The van der Waals surface area contributed by atoms with Gasteiger partial charge in [0.05, 0.1) is 6.61 Å². The predicted octanol–water partition coefficient (Wildman–Crippen LogP) is 6.23. The third-order valence-corrected chi connectivity index (χ3v) is 6.35. The number of hydrogen-bond acceptors (Lipinski definition) is 3. The Bertz CT molecular complexity index is 848. The summed E-state index contributed by atoms with van der Waals surface area (Å²) in [5, 5.41) is 6.00. The monoisotopic (exact) mass is 474 g/mol. The Labute approximate surface area is 186 Å². The van der Waals surface area contributed by atoms with Crippen LogP contribution in [-0.4, -0.2) is 17.6 Å². The molecule has 1 aliphatic rings. The first kappa shape index (κ1) is 21.8. The van der Waals surface area contributed by atoms with Crippen LogP contribution in [0, 0.1) is 12.8 Å². The molecule has 1 amide bonds. The second-order valence-corrected chi connectivity index (χ2v) is 8.80. The largest absolute Gasteiger partial charge is 0.494 e. The van der Waals surface area contributed by atoms with Crippen molar-refractivity contribution in [3.8, 4) is 5.75 Å². The fourth-order valence-corrected chi connectivity index (χ4v) is 4.11. The van der Waals surface area contributed by atoms with Gasteiger partial charge in [0, 0.05) is 15.7 Å². The van der Waals surface area contributed by atoms with E-state index >= 15 is 0 Å². The van der Waals surface area contributed by atoms with Gasteiger partial charge in [-0.25, -0.2) is 0 Å². The van der Waals surface area contributed by atoms with Crippen molar-refractivity contribution in [1.29, 1.82) is 0 Å². The molecular weight excluding hydrogens is 448 g/mol. The van der Waals surface area contributed by atoms with E-state index in [1.807, 2.05) is 37.3 Å². The van der Waals surface area contributed by atoms with Crippen LogP contribution in [0.2, 0.25) is 0 Å². The smallest absolute Gasteiger partial charge is 0.257 e. The van der Waals surface area contributed by atoms with E-state index in [-0.39, 0.29) is 11.0 Å². The second kappa shape index (κ2) is 10.7. The Morgan fingerprint density at radius 1 is 1.14 bits per heavy atom. The number of anilines is 1. The van der Waals surface area contributed by atoms with Crippen molar-refractivity contribution in [2.45, 2.75) is 45.4 Å². The van der Waals surface area contributed by atoms with Gasteiger partial charge in [-0.15, -0.1) is 0 Å². The number of rotatable bonds is 6. The van der Waals surface area contributed by atoms with E-state index in [0.717, 1.165) is 40.4 Å². The maximum absolute atomic E-state index is 12.3. The molecule has 2 aromatic carbocycles. The van der Waals surface area contributed by atoms with Crippen LogP contribution in [-0.2, 0) is 0 Å². The van der Waals surface area contributed by atoms with Gasteiger partial charge < -0.3 is 10.1 Å². The van der Waals surface area contributed by atoms with Crippen LogP contribution in [0.4, 0.5) is 5.69 Å². The molecule has 0 saturated heterocycles. The molecule has 2 aromatic rings. The molecule has 0 heterocycles. The number of carbonyl (C=O) groups is 1. The highest BCUT2D eigenvalue weighted by atomic mass is 79.9. The number of carbonyl (C=O) groups excluding carboxylic acids is 1. The van der Waals surface area contributed by atoms with Crippen molar-refractivity contribution in [1.82, 2.24) is 5.32 Å². The number of thiocarbonyl (C=S) groups is 1. The van der Waals surface area contributed by atoms with Crippen molar-refractivity contribution in [3.63, 3.8) is 0 Å². The third kappa shape index (κ3) is 6.82. The summed E-state index contributed by atoms with van der Waals surface area (Å²) in [5.41, 5.74) is 2.43. The van der Waals surface area contributed by atoms with Gasteiger partial charge in [-0.3, -0.25) is 10.1 Å². The normalized spacial score (nSPS) is 14.3. The predicted molar refractivity (Wildman–Crippen MR) is 126 cm³/mol. The summed E-state index contributed by atoms with van der Waals surface area (Å²) in [6.45, 7) is 2.74. The van der Waals surface area contributed by atoms with Crippen LogP contribution in [0.3, 0.4) is 0 Å². The van der Waals surface area contributed by atoms with Crippen molar-refractivity contribution >= 4 is 44.9 Å². The summed E-state index contributed by atoms with van der Waals surface area (Å²) in [6, 6.07) is 13.1. The summed E-state index contributed by atoms with van der Waals surface area (Å²) in [4.78, 5) is 12.3. The molecule has 2 N–H and O–H groups in total. The van der Waals surface area contributed by atoms with E-state index in [4.69, 9.17) is 17.0 Å². The molecule has 0 spiro atoms. The number of hydrogen-bond donors (Lipinski definition) is 2. The van der Waals surface area contributed by atoms with E-state index in [1.54, 1.807) is 12.1 Å². The lowest BCUT2D eigenvalue weighted by Crippen LogP contribution is -2.34. The molecule has 154 valence electrons. The number of benzene rings is 2. The average molecular weight is 475 g/mol. The van der Waals surface area contributed by atoms with E-state index < -0.39 is 0 Å². The number of halogens is 1. The van der Waals surface area contributed by atoms with E-state index in [2.05, 4.69) is 26.6 Å². The van der Waals surface area contributed by atoms with Crippen molar-refractivity contribution in [2.24, 2.45) is 5.92 Å². The van der Waals surface area contributed by atoms with Gasteiger partial charge in [-0.2, -0.15) is 0 Å². The molecule has 0 aromatic heterocycles. The van der Waals surface area contributed by atoms with Crippen LogP contribution < -0.4 is 15.4 Å². The minimum absolute atomic E-state index is 0.245. The Hall–Kier alpha value is -1.92. The molecule has 0 unspecified atom stereocenters. The standard InChI is InChI=1S/C23H27BrN2O2S/c1-16-7-8-18(15-21(16)24)22(27)26-23(29)25-19-9-11-20(12-10-19)28-14-13-17-5-3-2-4-6-17/h7-12,15,17H,2-6,13-14H2,1H3,(H2,25,26,27,29). The van der Waals surface area contributed by atoms with Crippen LogP contribution in [0.15, 0.2) is 46.9 Å². The van der Waals surface area contributed by atoms with Crippen LogP contribution in [0.25, 0.3) is 0 Å². The topological polar surface area (TPSA) is 50.4 Å². The molecule has 1 fully saturated rings. The molecule has 3 rings (SSSR count). The van der Waals surface area contributed by atoms with Crippen LogP contribution in [0.1, 0.15) is 54.4 Å². The maximum Gasteiger partial charge on any atom is 0.257 e. The van der Waals surface area contributed by atoms with Gasteiger partial charge in [0.1, 0.15) is 5.75 Å². The third-order valence-electron chi connectivity index (χ3n) is 5.29. The van der Waals surface area contributed by atoms with Gasteiger partial charge in [0.15, 0.2) is 5.11 Å². The lowest BCUT2D eigenvalue weighted by Gasteiger charge is -2.21. The molecule has 1 saturated carbocycles. The van der Waals surface area contributed by atoms with Crippen molar-refractivity contribution in [2.75, 3.05) is 11.9 Å². The highest BCUT2D eigenvalue weighted by Crippen LogP contribution is 2.26. The zero-order chi connectivity index (χ0) is 20.6. The lowest BCUT2D eigenvalue weighted by atomic mass is 9.87. The fourth-order valence-electron chi connectivity index (χ4n) is 3.53. The zero-order valence-electron chi connectivity index (χ0n) is 16.7. The van der Waals surface area contributed by atoms with Gasteiger partial charge in [-0.1, -0.05) is 54.1 Å². The molecule has 0 atom stereocenters. The van der Waals surface area contributed by atoms with E-state index in [1.165, 1.54) is 32.1 Å². The Morgan fingerprint density at radius 2 is 1.86 bits per heavy atom. The number of aryl methyl sites for hydroxylation is 1. The van der Waals surface area contributed by atoms with E-state index in [9.17, 15) is 4.79 Å². The highest BCUT2D eigenvalue weighted by Gasteiger charge is 2.13. The first-order valence-electron chi connectivity index (χ1n) is 10.1. The SMILES string of the molecule is Cc1ccc(C(=O)NC(=S)Nc2ccc(OCCC3CCCCC3)cc2)cc1Br. The van der Waals surface area contributed by atoms with Crippen LogP contribution in [0.5, 0.6) is 5.75 Å². The van der Waals surface area contributed by atoms with Crippen LogP contribution >= 0.6 is 28.1 Å². The number of ether oxygens (including phenoxy) is 1. The zero-order valence-corrected chi connectivity index (χ0v) is 19.1. The summed E-state index contributed by atoms with van der Waals surface area (Å²) in [7, 11) is 0. The van der Waals surface area contributed by atoms with Gasteiger partial charge in [-0.05, 0) is 73.4 Å². The number of nitrogens with one attached hydrogen (secondary N) is 2. The minimum atomic E-state index is -0.245. The molecule has 1 aliphatic carbocycles. The quantitative estimate of drug-likeness (QED) is 0.486. The first-order valence-corrected chi connectivity index (χ1v) is 11.3. The van der Waals surface area contributed by atoms with E-state index in [0.29, 0.717) is 5.56 Å². The van der Waals surface area contributed by atoms with Crippen molar-refractivity contribution < 1.29 is 9.53 Å². The first-order chi connectivity index (χ1) is 14.0. The minimum Gasteiger partial charge on any atom is -0.494 e. The summed E-state index contributed by atoms with van der Waals surface area (Å²) >= 11 is 8.70. The molecule has 0 bridgehead atoms. The molecule has 4 nitrogen and oxygen atoms in total. The molecule has 6 heteroatoms. The fraction of sp³-hybridized carbons (Fsp3) is 0.391. The Morgan fingerprint density at radius 3 is 2.55 bits per heavy atom. The molecular formula is C23H27BrN2O2S. The summed E-state index contributed by atoms with van der Waals surface area (Å²) in [6.07, 6.45) is 7.93. The van der Waals surface area contributed by atoms with Gasteiger partial charge >= 0.3 is 0 Å². The molecule has 0 aliphatic heterocycles. The Kier molecular flexibility index (Phi) is 8.07. The lowest BCUT2D eigenvalue weighted by molar-refractivity contribution is 0.0977. The highest BCUT2D eigenvalue weighted by molar-refractivity contribution is 9.10. The maximum atomic E-state index is 12.3. The Balaban J connectivity index is 1.44. The molecule has 29 heavy (non-hydrogen) atoms. The summed E-state index contributed by atoms with van der Waals surface area (Å²) in [5.74, 6) is 1.43. The molecule has 0 radical (unpaired) electrons. The average Bonchev–Trinajstić information content (AvgIpc) is 2.72. The van der Waals surface area contributed by atoms with Gasteiger partial charge in [0.25, 0.3) is 5.91 Å². The van der Waals surface area contributed by atoms with Crippen molar-refractivity contribution in [3.05, 3.63) is 58.1 Å². The number of amides is 1. The summed E-state index contributed by atoms with van der Waals surface area (Å²) < 4.78 is 6.77. The second-order valence-electron chi connectivity index (χ2n) is 7.54. The van der Waals surface area contributed by atoms with Gasteiger partial charge in [0.2, 0.25) is 0 Å².